The van der Waals surface area contributed by atoms with Crippen LogP contribution in [0.1, 0.15) is 24.0 Å². The highest BCUT2D eigenvalue weighted by molar-refractivity contribution is 7.89. The van der Waals surface area contributed by atoms with Gasteiger partial charge in [-0.1, -0.05) is 18.2 Å². The fourth-order valence-corrected chi connectivity index (χ4v) is 4.96. The van der Waals surface area contributed by atoms with Crippen LogP contribution in [0.4, 0.5) is 4.79 Å². The summed E-state index contributed by atoms with van der Waals surface area (Å²) >= 11 is 0. The lowest BCUT2D eigenvalue weighted by Gasteiger charge is -2.31. The summed E-state index contributed by atoms with van der Waals surface area (Å²) in [5.41, 5.74) is 1.56. The highest BCUT2D eigenvalue weighted by atomic mass is 32.2. The normalized spacial score (nSPS) is 15.1. The number of methoxy groups -OCH3 is 1. The van der Waals surface area contributed by atoms with E-state index in [1.54, 1.807) is 36.3 Å². The number of nitrogens with zero attached hydrogens (tertiary/aromatic N) is 1. The molecular formula is C22H28N2O5S. The zero-order valence-corrected chi connectivity index (χ0v) is 18.4. The fourth-order valence-electron chi connectivity index (χ4n) is 3.67. The van der Waals surface area contributed by atoms with E-state index in [2.05, 4.69) is 4.72 Å². The molecule has 2 aromatic rings. The van der Waals surface area contributed by atoms with Gasteiger partial charge in [-0.05, 0) is 68.0 Å². The molecule has 0 aromatic heterocycles. The Morgan fingerprint density at radius 1 is 1.10 bits per heavy atom. The van der Waals surface area contributed by atoms with E-state index in [4.69, 9.17) is 9.47 Å². The van der Waals surface area contributed by atoms with Crippen LogP contribution < -0.4 is 14.2 Å². The molecule has 1 saturated heterocycles. The van der Waals surface area contributed by atoms with E-state index < -0.39 is 10.0 Å². The number of amides is 1. The summed E-state index contributed by atoms with van der Waals surface area (Å²) in [5.74, 6) is 1.38. The summed E-state index contributed by atoms with van der Waals surface area (Å²) in [5, 5.41) is 0. The average molecular weight is 433 g/mol. The van der Waals surface area contributed by atoms with Gasteiger partial charge in [0.1, 0.15) is 11.5 Å². The van der Waals surface area contributed by atoms with Gasteiger partial charge in [0.2, 0.25) is 10.0 Å². The Bertz CT molecular complexity index is 961. The lowest BCUT2D eigenvalue weighted by Crippen LogP contribution is -2.42. The summed E-state index contributed by atoms with van der Waals surface area (Å²) in [6.07, 6.45) is 1.06. The summed E-state index contributed by atoms with van der Waals surface area (Å²) in [7, 11) is -2.04. The minimum absolute atomic E-state index is 0.168. The van der Waals surface area contributed by atoms with E-state index in [-0.39, 0.29) is 16.9 Å². The van der Waals surface area contributed by atoms with Crippen LogP contribution in [0.25, 0.3) is 0 Å². The summed E-state index contributed by atoms with van der Waals surface area (Å²) < 4.78 is 38.8. The number of likely N-dealkylation sites (tertiary alicyclic amines) is 1. The van der Waals surface area contributed by atoms with E-state index in [0.29, 0.717) is 44.0 Å². The first kappa shape index (κ1) is 22.1. The van der Waals surface area contributed by atoms with Gasteiger partial charge in [-0.15, -0.1) is 0 Å². The van der Waals surface area contributed by atoms with Gasteiger partial charge in [0.25, 0.3) is 0 Å². The summed E-state index contributed by atoms with van der Waals surface area (Å²) in [6, 6.07) is 12.2. The standard InChI is InChI=1S/C22H28N2O5S/c1-16-13-20(14-17(2)21(16)28-3)30(26,27)23-15-18-9-11-24(12-10-18)22(25)29-19-7-5-4-6-8-19/h4-8,13-14,18,23H,9-12,15H2,1-3H3. The number of carbonyl (C=O) groups is 1. The molecule has 1 fully saturated rings. The van der Waals surface area contributed by atoms with Crippen molar-refractivity contribution in [2.24, 2.45) is 5.92 Å². The van der Waals surface area contributed by atoms with Crippen molar-refractivity contribution in [3.05, 3.63) is 53.6 Å². The van der Waals surface area contributed by atoms with Crippen molar-refractivity contribution in [1.29, 1.82) is 0 Å². The molecule has 0 aliphatic carbocycles. The first-order valence-corrected chi connectivity index (χ1v) is 11.4. The third-order valence-electron chi connectivity index (χ3n) is 5.33. The van der Waals surface area contributed by atoms with Crippen molar-refractivity contribution in [3.63, 3.8) is 0 Å². The first-order valence-electron chi connectivity index (χ1n) is 9.97. The van der Waals surface area contributed by atoms with Gasteiger partial charge in [0.05, 0.1) is 12.0 Å². The largest absolute Gasteiger partial charge is 0.496 e. The SMILES string of the molecule is COc1c(C)cc(S(=O)(=O)NCC2CCN(C(=O)Oc3ccccc3)CC2)cc1C. The Morgan fingerprint density at radius 2 is 1.70 bits per heavy atom. The molecule has 8 heteroatoms. The molecule has 0 radical (unpaired) electrons. The number of benzene rings is 2. The van der Waals surface area contributed by atoms with Crippen LogP contribution in [-0.4, -0.2) is 46.2 Å². The van der Waals surface area contributed by atoms with Crippen LogP contribution in [0.3, 0.4) is 0 Å². The van der Waals surface area contributed by atoms with Crippen molar-refractivity contribution in [3.8, 4) is 11.5 Å². The number of carbonyl (C=O) groups excluding carboxylic acids is 1. The maximum absolute atomic E-state index is 12.7. The van der Waals surface area contributed by atoms with Crippen LogP contribution in [0.5, 0.6) is 11.5 Å². The smallest absolute Gasteiger partial charge is 0.415 e. The third-order valence-corrected chi connectivity index (χ3v) is 6.73. The minimum atomic E-state index is -3.61. The van der Waals surface area contributed by atoms with Crippen LogP contribution in [0, 0.1) is 19.8 Å². The highest BCUT2D eigenvalue weighted by Gasteiger charge is 2.26. The van der Waals surface area contributed by atoms with Gasteiger partial charge in [-0.3, -0.25) is 0 Å². The Kier molecular flexibility index (Phi) is 6.99. The molecule has 162 valence electrons. The highest BCUT2D eigenvalue weighted by Crippen LogP contribution is 2.27. The van der Waals surface area contributed by atoms with Gasteiger partial charge in [0.15, 0.2) is 0 Å². The topological polar surface area (TPSA) is 84.9 Å². The number of piperidine rings is 1. The van der Waals surface area contributed by atoms with Crippen molar-refractivity contribution in [2.75, 3.05) is 26.7 Å². The maximum atomic E-state index is 12.7. The first-order chi connectivity index (χ1) is 14.3. The molecular weight excluding hydrogens is 404 g/mol. The van der Waals surface area contributed by atoms with Crippen LogP contribution >= 0.6 is 0 Å². The lowest BCUT2D eigenvalue weighted by molar-refractivity contribution is 0.131. The number of nitrogens with one attached hydrogen (secondary N) is 1. The van der Waals surface area contributed by atoms with Crippen molar-refractivity contribution in [1.82, 2.24) is 9.62 Å². The predicted molar refractivity (Wildman–Crippen MR) is 114 cm³/mol. The van der Waals surface area contributed by atoms with Gasteiger partial charge in [-0.2, -0.15) is 0 Å². The molecule has 1 amide bonds. The zero-order chi connectivity index (χ0) is 21.7. The molecule has 1 N–H and O–H groups in total. The number of rotatable bonds is 6. The monoisotopic (exact) mass is 432 g/mol. The minimum Gasteiger partial charge on any atom is -0.496 e. The second-order valence-corrected chi connectivity index (χ2v) is 9.32. The Morgan fingerprint density at radius 3 is 2.27 bits per heavy atom. The molecule has 0 atom stereocenters. The molecule has 0 bridgehead atoms. The second-order valence-electron chi connectivity index (χ2n) is 7.55. The summed E-state index contributed by atoms with van der Waals surface area (Å²) in [4.78, 5) is 14.2. The number of sulfonamides is 1. The number of aryl methyl sites for hydroxylation is 2. The number of para-hydroxylation sites is 1. The Labute approximate surface area is 178 Å². The second kappa shape index (κ2) is 9.49. The molecule has 30 heavy (non-hydrogen) atoms. The molecule has 7 nitrogen and oxygen atoms in total. The van der Waals surface area contributed by atoms with E-state index in [1.165, 1.54) is 0 Å². The van der Waals surface area contributed by atoms with E-state index in [9.17, 15) is 13.2 Å². The average Bonchev–Trinajstić information content (AvgIpc) is 2.73. The Hall–Kier alpha value is -2.58. The molecule has 0 saturated carbocycles. The molecule has 1 aliphatic heterocycles. The fraction of sp³-hybridized carbons (Fsp3) is 0.409. The molecule has 1 aliphatic rings. The molecule has 0 unspecified atom stereocenters. The Balaban J connectivity index is 1.52. The number of ether oxygens (including phenoxy) is 2. The van der Waals surface area contributed by atoms with Crippen molar-refractivity contribution in [2.45, 2.75) is 31.6 Å². The van der Waals surface area contributed by atoms with E-state index in [0.717, 1.165) is 11.1 Å². The lowest BCUT2D eigenvalue weighted by atomic mass is 9.97. The van der Waals surface area contributed by atoms with E-state index in [1.807, 2.05) is 32.0 Å². The summed E-state index contributed by atoms with van der Waals surface area (Å²) in [6.45, 7) is 5.08. The van der Waals surface area contributed by atoms with Crippen molar-refractivity contribution >= 4 is 16.1 Å². The zero-order valence-electron chi connectivity index (χ0n) is 17.6. The van der Waals surface area contributed by atoms with Gasteiger partial charge < -0.3 is 14.4 Å². The molecule has 2 aromatic carbocycles. The van der Waals surface area contributed by atoms with Gasteiger partial charge in [-0.25, -0.2) is 17.9 Å². The molecule has 3 rings (SSSR count). The maximum Gasteiger partial charge on any atom is 0.415 e. The van der Waals surface area contributed by atoms with Crippen LogP contribution in [-0.2, 0) is 10.0 Å². The van der Waals surface area contributed by atoms with Crippen molar-refractivity contribution < 1.29 is 22.7 Å². The van der Waals surface area contributed by atoms with Gasteiger partial charge in [0, 0.05) is 19.6 Å². The third kappa shape index (κ3) is 5.31. The van der Waals surface area contributed by atoms with Crippen LogP contribution in [0.15, 0.2) is 47.4 Å². The molecule has 1 heterocycles. The quantitative estimate of drug-likeness (QED) is 0.755. The number of hydrogen-bond donors (Lipinski definition) is 1. The van der Waals surface area contributed by atoms with E-state index >= 15 is 0 Å². The van der Waals surface area contributed by atoms with Crippen LogP contribution in [0.2, 0.25) is 0 Å². The van der Waals surface area contributed by atoms with Gasteiger partial charge >= 0.3 is 6.09 Å². The predicted octanol–water partition coefficient (Wildman–Crippen LogP) is 3.50. The number of hydrogen-bond acceptors (Lipinski definition) is 5. The molecule has 0 spiro atoms.